The molecule has 0 saturated heterocycles. The molecule has 0 aliphatic carbocycles. The quantitative estimate of drug-likeness (QED) is 0.0208. The van der Waals surface area contributed by atoms with Gasteiger partial charge in [-0.3, -0.25) is 14.5 Å². The fraction of sp³-hybridized carbons (Fsp3) is 0.759. The number of unbranched alkanes of at least 4 members (excludes halogenated alkanes) is 18. The fourth-order valence-corrected chi connectivity index (χ4v) is 7.16. The van der Waals surface area contributed by atoms with Gasteiger partial charge in [0.05, 0.1) is 17.9 Å². The van der Waals surface area contributed by atoms with Crippen LogP contribution in [0.15, 0.2) is 48.6 Å². The molecule has 0 radical (unpaired) electrons. The minimum atomic E-state index is -0.503. The van der Waals surface area contributed by atoms with Crippen LogP contribution in [0.2, 0.25) is 0 Å². The van der Waals surface area contributed by atoms with Crippen LogP contribution in [-0.2, 0) is 39.8 Å². The van der Waals surface area contributed by atoms with Crippen LogP contribution in [0.3, 0.4) is 0 Å². The van der Waals surface area contributed by atoms with Crippen LogP contribution in [0.5, 0.6) is 0 Å². The van der Waals surface area contributed by atoms with Gasteiger partial charge in [0, 0.05) is 32.6 Å². The molecule has 0 heterocycles. The lowest BCUT2D eigenvalue weighted by molar-refractivity contribution is -0.161. The van der Waals surface area contributed by atoms with E-state index in [9.17, 15) is 14.4 Å². The maximum Gasteiger partial charge on any atom is 0.338 e. The molecule has 0 fully saturated rings. The molecule has 63 heavy (non-hydrogen) atoms. The van der Waals surface area contributed by atoms with E-state index in [4.69, 9.17) is 23.7 Å². The Morgan fingerprint density at radius 3 is 1.54 bits per heavy atom. The average molecular weight is 884 g/mol. The van der Waals surface area contributed by atoms with Gasteiger partial charge in [0.15, 0.2) is 6.29 Å². The molecule has 0 aromatic heterocycles. The van der Waals surface area contributed by atoms with E-state index >= 15 is 0 Å². The van der Waals surface area contributed by atoms with Gasteiger partial charge in [-0.25, -0.2) is 4.79 Å². The van der Waals surface area contributed by atoms with Gasteiger partial charge < -0.3 is 23.7 Å². The second-order valence-corrected chi connectivity index (χ2v) is 17.2. The molecule has 0 amide bonds. The van der Waals surface area contributed by atoms with E-state index in [1.807, 2.05) is 12.1 Å². The van der Waals surface area contributed by atoms with Crippen molar-refractivity contribution in [1.82, 2.24) is 4.90 Å². The van der Waals surface area contributed by atoms with Crippen molar-refractivity contribution < 1.29 is 38.1 Å². The monoisotopic (exact) mass is 884 g/mol. The zero-order valence-corrected chi connectivity index (χ0v) is 41.0. The highest BCUT2D eigenvalue weighted by Crippen LogP contribution is 2.15. The van der Waals surface area contributed by atoms with Crippen LogP contribution in [0.4, 0.5) is 0 Å². The van der Waals surface area contributed by atoms with Crippen LogP contribution in [0.1, 0.15) is 217 Å². The van der Waals surface area contributed by atoms with E-state index in [-0.39, 0.29) is 38.2 Å². The third kappa shape index (κ3) is 35.0. The SMILES string of the molecule is CCCCCC=CCC=CCCCCCCCC(=O)OCC(COC(=O)CCC(OCCCCCCCC)OCCCCCCCC)COC(=O)c1ccc(CN(CC)CC)cc1. The molecular formula is C54H93NO8. The number of hydrogen-bond acceptors (Lipinski definition) is 9. The second kappa shape index (κ2) is 42.9. The predicted octanol–water partition coefficient (Wildman–Crippen LogP) is 14.1. The smallest absolute Gasteiger partial charge is 0.338 e. The number of nitrogens with zero attached hydrogens (tertiary/aromatic N) is 1. The van der Waals surface area contributed by atoms with Gasteiger partial charge in [-0.15, -0.1) is 0 Å². The number of allylic oxidation sites excluding steroid dienone is 4. The normalized spacial score (nSPS) is 12.2. The van der Waals surface area contributed by atoms with Crippen molar-refractivity contribution in [2.75, 3.05) is 46.1 Å². The molecule has 362 valence electrons. The van der Waals surface area contributed by atoms with Crippen molar-refractivity contribution in [3.63, 3.8) is 0 Å². The van der Waals surface area contributed by atoms with Crippen LogP contribution in [-0.4, -0.2) is 75.2 Å². The largest absolute Gasteiger partial charge is 0.465 e. The minimum Gasteiger partial charge on any atom is -0.465 e. The van der Waals surface area contributed by atoms with Crippen molar-refractivity contribution in [3.05, 3.63) is 59.7 Å². The number of rotatable bonds is 44. The van der Waals surface area contributed by atoms with Gasteiger partial charge in [-0.05, 0) is 82.2 Å². The van der Waals surface area contributed by atoms with Crippen molar-refractivity contribution >= 4 is 17.9 Å². The maximum absolute atomic E-state index is 13.1. The lowest BCUT2D eigenvalue weighted by atomic mass is 10.1. The van der Waals surface area contributed by atoms with Crippen LogP contribution < -0.4 is 0 Å². The average Bonchev–Trinajstić information content (AvgIpc) is 3.30. The Hall–Kier alpha value is -3.01. The first kappa shape index (κ1) is 58.0. The summed E-state index contributed by atoms with van der Waals surface area (Å²) in [5.74, 6) is -1.65. The lowest BCUT2D eigenvalue weighted by Crippen LogP contribution is -2.27. The molecule has 0 bridgehead atoms. The maximum atomic E-state index is 13.1. The number of hydrogen-bond donors (Lipinski definition) is 0. The lowest BCUT2D eigenvalue weighted by Gasteiger charge is -2.20. The molecule has 0 spiro atoms. The van der Waals surface area contributed by atoms with E-state index in [1.165, 1.54) is 77.0 Å². The van der Waals surface area contributed by atoms with Gasteiger partial charge in [-0.1, -0.05) is 167 Å². The van der Waals surface area contributed by atoms with E-state index < -0.39 is 18.2 Å². The van der Waals surface area contributed by atoms with E-state index in [0.29, 0.717) is 31.6 Å². The van der Waals surface area contributed by atoms with Gasteiger partial charge in [0.2, 0.25) is 0 Å². The van der Waals surface area contributed by atoms with Crippen molar-refractivity contribution in [2.24, 2.45) is 5.92 Å². The summed E-state index contributed by atoms with van der Waals surface area (Å²) < 4.78 is 29.3. The zero-order chi connectivity index (χ0) is 45.9. The molecule has 1 unspecified atom stereocenters. The molecule has 0 aliphatic rings. The minimum absolute atomic E-state index is 0.00613. The third-order valence-electron chi connectivity index (χ3n) is 11.4. The molecule has 9 nitrogen and oxygen atoms in total. The fourth-order valence-electron chi connectivity index (χ4n) is 7.16. The van der Waals surface area contributed by atoms with E-state index in [1.54, 1.807) is 12.1 Å². The molecular weight excluding hydrogens is 791 g/mol. The van der Waals surface area contributed by atoms with Crippen molar-refractivity contribution in [2.45, 2.75) is 214 Å². The molecule has 0 aliphatic heterocycles. The summed E-state index contributed by atoms with van der Waals surface area (Å²) in [7, 11) is 0. The highest BCUT2D eigenvalue weighted by Gasteiger charge is 2.20. The van der Waals surface area contributed by atoms with Gasteiger partial charge in [-0.2, -0.15) is 0 Å². The Morgan fingerprint density at radius 2 is 0.984 bits per heavy atom. The number of carbonyl (C=O) groups is 3. The third-order valence-corrected chi connectivity index (χ3v) is 11.4. The van der Waals surface area contributed by atoms with Crippen LogP contribution >= 0.6 is 0 Å². The summed E-state index contributed by atoms with van der Waals surface area (Å²) in [5, 5.41) is 0. The zero-order valence-electron chi connectivity index (χ0n) is 41.0. The highest BCUT2D eigenvalue weighted by molar-refractivity contribution is 5.89. The standard InChI is InChI=1S/C54H93NO8/c1-6-11-14-17-20-21-22-23-24-25-26-27-28-29-32-35-51(56)61-45-49(47-63-54(58)50-38-36-48(37-39-50)44-55(9-4)10-5)46-62-52(57)40-41-53(59-42-33-30-18-15-12-7-2)60-43-34-31-19-16-13-8-3/h20-21,23-24,36-39,49,53H,6-19,22,25-35,40-47H2,1-5H3. The molecule has 9 heteroatoms. The highest BCUT2D eigenvalue weighted by atomic mass is 16.7. The van der Waals surface area contributed by atoms with Crippen molar-refractivity contribution in [1.29, 1.82) is 0 Å². The van der Waals surface area contributed by atoms with E-state index in [0.717, 1.165) is 95.8 Å². The first-order valence-corrected chi connectivity index (χ1v) is 25.7. The van der Waals surface area contributed by atoms with Crippen LogP contribution in [0.25, 0.3) is 0 Å². The van der Waals surface area contributed by atoms with Gasteiger partial charge in [0.1, 0.15) is 19.8 Å². The number of esters is 3. The van der Waals surface area contributed by atoms with Crippen molar-refractivity contribution in [3.8, 4) is 0 Å². The molecule has 1 atom stereocenters. The first-order chi connectivity index (χ1) is 30.9. The number of ether oxygens (including phenoxy) is 5. The Balaban J connectivity index is 2.66. The summed E-state index contributed by atoms with van der Waals surface area (Å²) in [4.78, 5) is 41.2. The Morgan fingerprint density at radius 1 is 0.524 bits per heavy atom. The van der Waals surface area contributed by atoms with Gasteiger partial charge >= 0.3 is 17.9 Å². The molecule has 1 rings (SSSR count). The second-order valence-electron chi connectivity index (χ2n) is 17.2. The summed E-state index contributed by atoms with van der Waals surface area (Å²) in [6.07, 6.45) is 35.8. The summed E-state index contributed by atoms with van der Waals surface area (Å²) >= 11 is 0. The summed E-state index contributed by atoms with van der Waals surface area (Å²) in [6, 6.07) is 7.46. The molecule has 1 aromatic rings. The number of benzene rings is 1. The van der Waals surface area contributed by atoms with Gasteiger partial charge in [0.25, 0.3) is 0 Å². The van der Waals surface area contributed by atoms with Crippen LogP contribution in [0, 0.1) is 5.92 Å². The first-order valence-electron chi connectivity index (χ1n) is 25.7. The molecule has 1 aromatic carbocycles. The summed E-state index contributed by atoms with van der Waals surface area (Å²) in [6.45, 7) is 14.8. The summed E-state index contributed by atoms with van der Waals surface area (Å²) in [5.41, 5.74) is 1.57. The Kier molecular flexibility index (Phi) is 39.5. The number of carbonyl (C=O) groups excluding carboxylic acids is 3. The van der Waals surface area contributed by atoms with E-state index in [2.05, 4.69) is 63.8 Å². The topological polar surface area (TPSA) is 101 Å². The Bertz CT molecular complexity index is 1260. The predicted molar refractivity (Wildman–Crippen MR) is 260 cm³/mol. The Labute approximate surface area is 385 Å². The molecule has 0 saturated carbocycles. The molecule has 0 N–H and O–H groups in total.